The highest BCUT2D eigenvalue weighted by molar-refractivity contribution is 7.10. The van der Waals surface area contributed by atoms with E-state index < -0.39 is 0 Å². The normalized spacial score (nSPS) is 19.3. The molecule has 1 atom stereocenters. The van der Waals surface area contributed by atoms with Crippen LogP contribution < -0.4 is 4.90 Å². The summed E-state index contributed by atoms with van der Waals surface area (Å²) in [7, 11) is 0. The quantitative estimate of drug-likeness (QED) is 0.872. The minimum absolute atomic E-state index is 0.0109. The summed E-state index contributed by atoms with van der Waals surface area (Å²) in [6.45, 7) is 3.74. The molecule has 6 heteroatoms. The highest BCUT2D eigenvalue weighted by atomic mass is 32.1. The number of ether oxygens (including phenoxy) is 1. The van der Waals surface area contributed by atoms with Crippen LogP contribution in [0.25, 0.3) is 0 Å². The molecule has 0 amide bonds. The Kier molecular flexibility index (Phi) is 3.93. The molecule has 1 unspecified atom stereocenters. The Hall–Kier alpha value is -1.53. The maximum Gasteiger partial charge on any atom is 0.187 e. The van der Waals surface area contributed by atoms with E-state index in [0.717, 1.165) is 0 Å². The van der Waals surface area contributed by atoms with Gasteiger partial charge in [-0.05, 0) is 17.9 Å². The van der Waals surface area contributed by atoms with Crippen LogP contribution in [-0.2, 0) is 11.2 Å². The number of thiophene rings is 1. The van der Waals surface area contributed by atoms with Gasteiger partial charge in [0.15, 0.2) is 11.6 Å². The fraction of sp³-hybridized carbons (Fsp3) is 0.429. The molecule has 3 rings (SSSR count). The van der Waals surface area contributed by atoms with Crippen molar-refractivity contribution in [1.29, 1.82) is 0 Å². The molecule has 0 N–H and O–H groups in total. The van der Waals surface area contributed by atoms with Gasteiger partial charge in [-0.1, -0.05) is 13.0 Å². The summed E-state index contributed by atoms with van der Waals surface area (Å²) < 4.78 is 20.1. The Labute approximate surface area is 121 Å². The summed E-state index contributed by atoms with van der Waals surface area (Å²) >= 11 is 1.66. The predicted octanol–water partition coefficient (Wildman–Crippen LogP) is 2.82. The van der Waals surface area contributed by atoms with Crippen molar-refractivity contribution in [1.82, 2.24) is 9.97 Å². The number of morpholine rings is 1. The van der Waals surface area contributed by atoms with E-state index in [1.807, 2.05) is 29.3 Å². The molecule has 1 fully saturated rings. The van der Waals surface area contributed by atoms with Crippen molar-refractivity contribution in [2.75, 3.05) is 24.6 Å². The summed E-state index contributed by atoms with van der Waals surface area (Å²) in [5, 5.41) is 2.03. The third-order valence-electron chi connectivity index (χ3n) is 3.40. The summed E-state index contributed by atoms with van der Waals surface area (Å²) in [4.78, 5) is 11.2. The van der Waals surface area contributed by atoms with Crippen LogP contribution in [0.5, 0.6) is 0 Å². The van der Waals surface area contributed by atoms with Gasteiger partial charge in [0.1, 0.15) is 12.4 Å². The standard InChI is InChI=1S/C14H16FN3OS/c1-2-10-13(15)14(17-9-16-10)18-5-6-19-11(8-18)12-4-3-7-20-12/h3-4,7,9,11H,2,5-6,8H2,1H3. The molecule has 2 aromatic heterocycles. The van der Waals surface area contributed by atoms with E-state index in [0.29, 0.717) is 37.6 Å². The molecule has 0 spiro atoms. The summed E-state index contributed by atoms with van der Waals surface area (Å²) in [6, 6.07) is 4.05. The molecular formula is C14H16FN3OS. The highest BCUT2D eigenvalue weighted by Crippen LogP contribution is 2.29. The SMILES string of the molecule is CCc1ncnc(N2CCOC(c3cccs3)C2)c1F. The first-order valence-corrected chi connectivity index (χ1v) is 7.57. The average Bonchev–Trinajstić information content (AvgIpc) is 3.02. The Morgan fingerprint density at radius 1 is 1.50 bits per heavy atom. The third-order valence-corrected chi connectivity index (χ3v) is 4.37. The molecule has 0 radical (unpaired) electrons. The van der Waals surface area contributed by atoms with Gasteiger partial charge in [0.25, 0.3) is 0 Å². The van der Waals surface area contributed by atoms with Gasteiger partial charge in [-0.25, -0.2) is 14.4 Å². The zero-order chi connectivity index (χ0) is 13.9. The maximum atomic E-state index is 14.3. The lowest BCUT2D eigenvalue weighted by Gasteiger charge is -2.33. The number of nitrogens with zero attached hydrogens (tertiary/aromatic N) is 3. The Morgan fingerprint density at radius 2 is 2.40 bits per heavy atom. The first kappa shape index (κ1) is 13.5. The maximum absolute atomic E-state index is 14.3. The van der Waals surface area contributed by atoms with E-state index in [4.69, 9.17) is 4.74 Å². The monoisotopic (exact) mass is 293 g/mol. The Bertz CT molecular complexity index is 576. The zero-order valence-electron chi connectivity index (χ0n) is 11.3. The van der Waals surface area contributed by atoms with E-state index in [1.165, 1.54) is 11.2 Å². The van der Waals surface area contributed by atoms with Gasteiger partial charge in [-0.2, -0.15) is 0 Å². The van der Waals surface area contributed by atoms with E-state index in [1.54, 1.807) is 11.3 Å². The van der Waals surface area contributed by atoms with Crippen LogP contribution in [0.4, 0.5) is 10.2 Å². The van der Waals surface area contributed by atoms with Gasteiger partial charge in [0, 0.05) is 11.4 Å². The van der Waals surface area contributed by atoms with Crippen molar-refractivity contribution in [3.63, 3.8) is 0 Å². The molecule has 0 aromatic carbocycles. The molecule has 1 aliphatic rings. The fourth-order valence-corrected chi connectivity index (χ4v) is 3.12. The zero-order valence-corrected chi connectivity index (χ0v) is 12.1. The lowest BCUT2D eigenvalue weighted by Crippen LogP contribution is -2.39. The summed E-state index contributed by atoms with van der Waals surface area (Å²) in [5.74, 6) is 0.0866. The summed E-state index contributed by atoms with van der Waals surface area (Å²) in [5.41, 5.74) is 0.467. The first-order chi connectivity index (χ1) is 9.79. The number of rotatable bonds is 3. The van der Waals surface area contributed by atoms with Crippen molar-refractivity contribution >= 4 is 17.2 Å². The van der Waals surface area contributed by atoms with E-state index >= 15 is 0 Å². The minimum Gasteiger partial charge on any atom is -0.369 e. The third kappa shape index (κ3) is 2.53. The smallest absolute Gasteiger partial charge is 0.187 e. The molecule has 0 bridgehead atoms. The van der Waals surface area contributed by atoms with Crippen molar-refractivity contribution in [2.24, 2.45) is 0 Å². The second-order valence-electron chi connectivity index (χ2n) is 4.63. The number of hydrogen-bond donors (Lipinski definition) is 0. The van der Waals surface area contributed by atoms with Crippen LogP contribution in [0, 0.1) is 5.82 Å². The number of aromatic nitrogens is 2. The van der Waals surface area contributed by atoms with Crippen LogP contribution in [0.1, 0.15) is 23.6 Å². The number of aryl methyl sites for hydroxylation is 1. The predicted molar refractivity (Wildman–Crippen MR) is 76.6 cm³/mol. The molecule has 0 aliphatic carbocycles. The van der Waals surface area contributed by atoms with E-state index in [2.05, 4.69) is 9.97 Å². The molecule has 1 aliphatic heterocycles. The van der Waals surface area contributed by atoms with Gasteiger partial charge >= 0.3 is 0 Å². The van der Waals surface area contributed by atoms with Crippen molar-refractivity contribution in [3.8, 4) is 0 Å². The van der Waals surface area contributed by atoms with Crippen LogP contribution >= 0.6 is 11.3 Å². The second kappa shape index (κ2) is 5.85. The second-order valence-corrected chi connectivity index (χ2v) is 5.61. The topological polar surface area (TPSA) is 38.2 Å². The minimum atomic E-state index is -0.304. The number of hydrogen-bond acceptors (Lipinski definition) is 5. The Balaban J connectivity index is 1.84. The van der Waals surface area contributed by atoms with Gasteiger partial charge in [0.05, 0.1) is 18.8 Å². The molecule has 1 saturated heterocycles. The van der Waals surface area contributed by atoms with Gasteiger partial charge in [0.2, 0.25) is 0 Å². The molecule has 20 heavy (non-hydrogen) atoms. The van der Waals surface area contributed by atoms with Crippen molar-refractivity contribution in [3.05, 3.63) is 40.2 Å². The van der Waals surface area contributed by atoms with E-state index in [-0.39, 0.29) is 11.9 Å². The van der Waals surface area contributed by atoms with Crippen molar-refractivity contribution < 1.29 is 9.13 Å². The van der Waals surface area contributed by atoms with Crippen LogP contribution in [0.15, 0.2) is 23.8 Å². The average molecular weight is 293 g/mol. The molecular weight excluding hydrogens is 277 g/mol. The molecule has 4 nitrogen and oxygen atoms in total. The number of anilines is 1. The van der Waals surface area contributed by atoms with Crippen LogP contribution in [-0.4, -0.2) is 29.7 Å². The van der Waals surface area contributed by atoms with Gasteiger partial charge in [-0.3, -0.25) is 0 Å². The molecule has 0 saturated carbocycles. The van der Waals surface area contributed by atoms with Gasteiger partial charge < -0.3 is 9.64 Å². The molecule has 106 valence electrons. The summed E-state index contributed by atoms with van der Waals surface area (Å²) in [6.07, 6.45) is 2.00. The van der Waals surface area contributed by atoms with E-state index in [9.17, 15) is 4.39 Å². The van der Waals surface area contributed by atoms with Crippen LogP contribution in [0.3, 0.4) is 0 Å². The lowest BCUT2D eigenvalue weighted by atomic mass is 10.2. The fourth-order valence-electron chi connectivity index (χ4n) is 2.35. The number of halogens is 1. The first-order valence-electron chi connectivity index (χ1n) is 6.69. The molecule has 2 aromatic rings. The molecule has 3 heterocycles. The van der Waals surface area contributed by atoms with Crippen LogP contribution in [0.2, 0.25) is 0 Å². The Morgan fingerprint density at radius 3 is 3.15 bits per heavy atom. The largest absolute Gasteiger partial charge is 0.369 e. The lowest BCUT2D eigenvalue weighted by molar-refractivity contribution is 0.0416. The van der Waals surface area contributed by atoms with Gasteiger partial charge in [-0.15, -0.1) is 11.3 Å². The highest BCUT2D eigenvalue weighted by Gasteiger charge is 2.26. The van der Waals surface area contributed by atoms with Crippen molar-refractivity contribution in [2.45, 2.75) is 19.4 Å².